The van der Waals surface area contributed by atoms with Gasteiger partial charge in [-0.2, -0.15) is 0 Å². The van der Waals surface area contributed by atoms with Crippen molar-refractivity contribution < 1.29 is 4.79 Å². The fourth-order valence-electron chi connectivity index (χ4n) is 0.967. The molecule has 2 nitrogen and oxygen atoms in total. The van der Waals surface area contributed by atoms with Crippen molar-refractivity contribution in [2.45, 2.75) is 6.42 Å². The van der Waals surface area contributed by atoms with Crippen LogP contribution in [0.15, 0.2) is 18.2 Å². The number of benzene rings is 1. The third kappa shape index (κ3) is 3.01. The van der Waals surface area contributed by atoms with Gasteiger partial charge in [-0.25, -0.2) is 0 Å². The Bertz CT molecular complexity index is 327. The first-order valence-electron chi connectivity index (χ1n) is 3.75. The lowest BCUT2D eigenvalue weighted by Crippen LogP contribution is -2.04. The summed E-state index contributed by atoms with van der Waals surface area (Å²) in [6.45, 7) is 0. The molecule has 0 bridgehead atoms. The van der Waals surface area contributed by atoms with Crippen molar-refractivity contribution in [3.05, 3.63) is 28.8 Å². The lowest BCUT2D eigenvalue weighted by Gasteiger charge is -2.02. The summed E-state index contributed by atoms with van der Waals surface area (Å²) in [6.07, 6.45) is 0.352. The molecule has 13 heavy (non-hydrogen) atoms. The maximum atomic E-state index is 11.1. The van der Waals surface area contributed by atoms with Gasteiger partial charge in [-0.15, -0.1) is 0 Å². The molecule has 0 saturated carbocycles. The zero-order chi connectivity index (χ0) is 9.84. The summed E-state index contributed by atoms with van der Waals surface area (Å²) in [5.74, 6) is 0.103. The van der Waals surface area contributed by atoms with E-state index in [9.17, 15) is 4.79 Å². The Labute approximate surface area is 90.2 Å². The molecule has 1 rings (SSSR count). The summed E-state index contributed by atoms with van der Waals surface area (Å²) >= 11 is 8.98. The minimum absolute atomic E-state index is 0.103. The van der Waals surface area contributed by atoms with Crippen LogP contribution >= 0.6 is 27.5 Å². The summed E-state index contributed by atoms with van der Waals surface area (Å²) in [7, 11) is 0. The summed E-state index contributed by atoms with van der Waals surface area (Å²) < 4.78 is 0. The number of anilines is 1. The number of carbonyl (C=O) groups excluding carboxylic acids is 1. The van der Waals surface area contributed by atoms with Gasteiger partial charge in [0.05, 0.1) is 5.33 Å². The van der Waals surface area contributed by atoms with E-state index in [1.165, 1.54) is 0 Å². The molecular weight excluding hydrogens is 253 g/mol. The van der Waals surface area contributed by atoms with E-state index < -0.39 is 0 Å². The zero-order valence-electron chi connectivity index (χ0n) is 6.89. The van der Waals surface area contributed by atoms with Crippen LogP contribution in [-0.2, 0) is 11.2 Å². The maximum absolute atomic E-state index is 11.1. The highest BCUT2D eigenvalue weighted by atomic mass is 79.9. The maximum Gasteiger partial charge on any atom is 0.147 e. The zero-order valence-corrected chi connectivity index (χ0v) is 9.23. The Morgan fingerprint density at radius 1 is 1.54 bits per heavy atom. The number of hydrogen-bond acceptors (Lipinski definition) is 2. The van der Waals surface area contributed by atoms with Crippen molar-refractivity contribution in [2.75, 3.05) is 11.1 Å². The molecule has 1 aromatic rings. The molecule has 0 radical (unpaired) electrons. The molecule has 0 atom stereocenters. The van der Waals surface area contributed by atoms with Crippen LogP contribution in [0, 0.1) is 0 Å². The van der Waals surface area contributed by atoms with Crippen LogP contribution in [0.2, 0.25) is 5.02 Å². The van der Waals surface area contributed by atoms with Gasteiger partial charge in [0, 0.05) is 17.1 Å². The second-order valence-corrected chi connectivity index (χ2v) is 3.67. The van der Waals surface area contributed by atoms with Crippen molar-refractivity contribution in [1.29, 1.82) is 0 Å². The highest BCUT2D eigenvalue weighted by Crippen LogP contribution is 2.19. The van der Waals surface area contributed by atoms with Crippen molar-refractivity contribution in [1.82, 2.24) is 0 Å². The second-order valence-electron chi connectivity index (χ2n) is 2.70. The molecule has 0 aromatic heterocycles. The van der Waals surface area contributed by atoms with Gasteiger partial charge in [0.2, 0.25) is 0 Å². The fraction of sp³-hybridized carbons (Fsp3) is 0.222. The minimum atomic E-state index is 0.103. The molecule has 2 N–H and O–H groups in total. The van der Waals surface area contributed by atoms with E-state index >= 15 is 0 Å². The SMILES string of the molecule is Nc1ccc(CC(=O)CBr)c(Cl)c1. The highest BCUT2D eigenvalue weighted by molar-refractivity contribution is 9.09. The van der Waals surface area contributed by atoms with Crippen LogP contribution in [0.3, 0.4) is 0 Å². The minimum Gasteiger partial charge on any atom is -0.399 e. The van der Waals surface area contributed by atoms with Crippen LogP contribution in [0.1, 0.15) is 5.56 Å². The third-order valence-electron chi connectivity index (χ3n) is 1.61. The van der Waals surface area contributed by atoms with E-state index in [0.717, 1.165) is 5.56 Å². The number of nitrogen functional groups attached to an aromatic ring is 1. The number of alkyl halides is 1. The van der Waals surface area contributed by atoms with Gasteiger partial charge in [-0.1, -0.05) is 33.6 Å². The monoisotopic (exact) mass is 261 g/mol. The molecule has 0 amide bonds. The average molecular weight is 263 g/mol. The summed E-state index contributed by atoms with van der Waals surface area (Å²) in [6, 6.07) is 5.17. The smallest absolute Gasteiger partial charge is 0.147 e. The Kier molecular flexibility index (Phi) is 3.75. The first-order chi connectivity index (χ1) is 6.13. The van der Waals surface area contributed by atoms with Crippen LogP contribution in [-0.4, -0.2) is 11.1 Å². The van der Waals surface area contributed by atoms with Gasteiger partial charge in [0.1, 0.15) is 5.78 Å². The standard InChI is InChI=1S/C9H9BrClNO/c10-5-8(13)3-6-1-2-7(12)4-9(6)11/h1-2,4H,3,5,12H2. The van der Waals surface area contributed by atoms with Gasteiger partial charge in [0.25, 0.3) is 0 Å². The largest absolute Gasteiger partial charge is 0.399 e. The lowest BCUT2D eigenvalue weighted by atomic mass is 10.1. The van der Waals surface area contributed by atoms with E-state index in [2.05, 4.69) is 15.9 Å². The molecular formula is C9H9BrClNO. The quantitative estimate of drug-likeness (QED) is 0.671. The van der Waals surface area contributed by atoms with E-state index in [4.69, 9.17) is 17.3 Å². The van der Waals surface area contributed by atoms with E-state index in [1.807, 2.05) is 0 Å². The van der Waals surface area contributed by atoms with Gasteiger partial charge >= 0.3 is 0 Å². The predicted molar refractivity (Wildman–Crippen MR) is 58.4 cm³/mol. The third-order valence-corrected chi connectivity index (χ3v) is 2.59. The highest BCUT2D eigenvalue weighted by Gasteiger charge is 2.05. The molecule has 0 aliphatic heterocycles. The number of hydrogen-bond donors (Lipinski definition) is 1. The molecule has 0 heterocycles. The topological polar surface area (TPSA) is 43.1 Å². The predicted octanol–water partition coefficient (Wildman–Crippen LogP) is 2.43. The normalized spacial score (nSPS) is 10.0. The molecule has 0 aliphatic carbocycles. The van der Waals surface area contributed by atoms with Gasteiger partial charge in [-0.05, 0) is 17.7 Å². The lowest BCUT2D eigenvalue weighted by molar-refractivity contribution is -0.115. The van der Waals surface area contributed by atoms with Crippen molar-refractivity contribution in [2.24, 2.45) is 0 Å². The Morgan fingerprint density at radius 3 is 2.77 bits per heavy atom. The summed E-state index contributed by atoms with van der Waals surface area (Å²) in [4.78, 5) is 11.1. The first-order valence-corrected chi connectivity index (χ1v) is 5.25. The average Bonchev–Trinajstić information content (AvgIpc) is 2.09. The molecule has 70 valence electrons. The number of halogens is 2. The summed E-state index contributed by atoms with van der Waals surface area (Å²) in [5.41, 5.74) is 6.94. The van der Waals surface area contributed by atoms with Gasteiger partial charge in [-0.3, -0.25) is 4.79 Å². The van der Waals surface area contributed by atoms with Crippen LogP contribution in [0.25, 0.3) is 0 Å². The molecule has 0 saturated heterocycles. The van der Waals surface area contributed by atoms with E-state index in [-0.39, 0.29) is 5.78 Å². The van der Waals surface area contributed by atoms with Crippen molar-refractivity contribution in [3.8, 4) is 0 Å². The molecule has 0 unspecified atom stereocenters. The van der Waals surface area contributed by atoms with Crippen LogP contribution in [0.5, 0.6) is 0 Å². The van der Waals surface area contributed by atoms with Crippen LogP contribution in [0.4, 0.5) is 5.69 Å². The number of Topliss-reactive ketones (excluding diaryl/α,β-unsaturated/α-hetero) is 1. The molecule has 0 spiro atoms. The van der Waals surface area contributed by atoms with Crippen LogP contribution < -0.4 is 5.73 Å². The van der Waals surface area contributed by atoms with Crippen molar-refractivity contribution in [3.63, 3.8) is 0 Å². The number of carbonyl (C=O) groups is 1. The van der Waals surface area contributed by atoms with E-state index in [1.54, 1.807) is 18.2 Å². The Balaban J connectivity index is 2.83. The van der Waals surface area contributed by atoms with Gasteiger partial charge < -0.3 is 5.73 Å². The molecule has 4 heteroatoms. The molecule has 1 aromatic carbocycles. The molecule has 0 aliphatic rings. The number of ketones is 1. The number of nitrogens with two attached hydrogens (primary N) is 1. The first kappa shape index (κ1) is 10.5. The Morgan fingerprint density at radius 2 is 2.23 bits per heavy atom. The number of rotatable bonds is 3. The second kappa shape index (κ2) is 4.63. The van der Waals surface area contributed by atoms with Crippen molar-refractivity contribution >= 4 is 39.0 Å². The molecule has 0 fully saturated rings. The Hall–Kier alpha value is -0.540. The fourth-order valence-corrected chi connectivity index (χ4v) is 1.42. The van der Waals surface area contributed by atoms with E-state index in [0.29, 0.717) is 22.5 Å². The summed E-state index contributed by atoms with van der Waals surface area (Å²) in [5, 5.41) is 0.905. The van der Waals surface area contributed by atoms with Gasteiger partial charge in [0.15, 0.2) is 0 Å².